The van der Waals surface area contributed by atoms with Crippen molar-refractivity contribution in [2.75, 3.05) is 0 Å². The normalized spacial score (nSPS) is 16.3. The Morgan fingerprint density at radius 1 is 0.527 bits per heavy atom. The van der Waals surface area contributed by atoms with Gasteiger partial charge in [-0.25, -0.2) is 9.59 Å². The number of alkyl carbamates (subject to hydrolysis) is 2. The van der Waals surface area contributed by atoms with Crippen LogP contribution in [0.5, 0.6) is 0 Å². The maximum absolute atomic E-state index is 13.7. The highest BCUT2D eigenvalue weighted by Gasteiger charge is 2.51. The average Bonchev–Trinajstić information content (AvgIpc) is 4.01. The molecular weight excluding hydrogens is 700 g/mol. The molecule has 55 heavy (non-hydrogen) atoms. The molecule has 6 atom stereocenters. The van der Waals surface area contributed by atoms with Crippen molar-refractivity contribution in [2.24, 2.45) is 0 Å². The molecule has 1 aliphatic rings. The molecule has 13 heteroatoms. The molecule has 0 saturated carbocycles. The second kappa shape index (κ2) is 20.5. The van der Waals surface area contributed by atoms with Crippen molar-refractivity contribution in [1.82, 2.24) is 21.3 Å². The quantitative estimate of drug-likeness (QED) is 0.105. The van der Waals surface area contributed by atoms with Crippen molar-refractivity contribution in [3.63, 3.8) is 0 Å². The zero-order valence-electron chi connectivity index (χ0n) is 30.0. The molecule has 282 valence electrons. The van der Waals surface area contributed by atoms with Gasteiger partial charge in [-0.3, -0.25) is 9.59 Å². The fraction of sp³-hybridized carbons (Fsp3) is 0.286. The molecular formula is C42H42N6O7. The van der Waals surface area contributed by atoms with Crippen LogP contribution in [0.1, 0.15) is 35.1 Å². The maximum Gasteiger partial charge on any atom is 0.408 e. The highest BCUT2D eigenvalue weighted by Crippen LogP contribution is 2.32. The van der Waals surface area contributed by atoms with Crippen LogP contribution in [-0.4, -0.2) is 60.4 Å². The lowest BCUT2D eigenvalue weighted by Gasteiger charge is -2.24. The van der Waals surface area contributed by atoms with Crippen molar-refractivity contribution in [1.29, 1.82) is 10.5 Å². The van der Waals surface area contributed by atoms with E-state index in [0.29, 0.717) is 12.8 Å². The first-order valence-corrected chi connectivity index (χ1v) is 17.8. The lowest BCUT2D eigenvalue weighted by Crippen LogP contribution is -2.54. The third kappa shape index (κ3) is 12.7. The largest absolute Gasteiger partial charge is 0.445 e. The molecule has 0 aromatic heterocycles. The minimum atomic E-state index is -1.22. The van der Waals surface area contributed by atoms with Crippen molar-refractivity contribution in [3.8, 4) is 12.1 Å². The second-order valence-electron chi connectivity index (χ2n) is 12.9. The standard InChI is InChI=1S/C42H42N6O7/c43-23-21-33(47-41(51)53-27-31-17-9-3-10-18-31)39(49)45-35(25-29-13-5-1-6-14-29)37-38(55-37)36(26-30-15-7-2-8-16-30)46-40(50)34(22-24-44)48-42(52)54-28-32-19-11-4-12-20-32/h1-20,33-38H,21-22,25-28H2,(H,45,49)(H,46,50)(H,47,51)(H,48,52)/t33-,34-,35-,36-,37-,38+/m0/s1. The summed E-state index contributed by atoms with van der Waals surface area (Å²) < 4.78 is 16.8. The molecule has 0 radical (unpaired) electrons. The molecule has 1 fully saturated rings. The molecule has 0 unspecified atom stereocenters. The number of ether oxygens (including phenoxy) is 3. The van der Waals surface area contributed by atoms with Gasteiger partial charge in [0.15, 0.2) is 0 Å². The number of nitrogens with zero attached hydrogens (tertiary/aromatic N) is 2. The van der Waals surface area contributed by atoms with Crippen LogP contribution >= 0.6 is 0 Å². The Labute approximate surface area is 319 Å². The van der Waals surface area contributed by atoms with E-state index in [2.05, 4.69) is 21.3 Å². The summed E-state index contributed by atoms with van der Waals surface area (Å²) in [6.45, 7) is -0.0359. The fourth-order valence-corrected chi connectivity index (χ4v) is 6.00. The second-order valence-corrected chi connectivity index (χ2v) is 12.9. The van der Waals surface area contributed by atoms with E-state index in [1.54, 1.807) is 24.3 Å². The van der Waals surface area contributed by atoms with Gasteiger partial charge in [0.1, 0.15) is 37.5 Å². The van der Waals surface area contributed by atoms with Gasteiger partial charge in [-0.2, -0.15) is 10.5 Å². The Kier molecular flexibility index (Phi) is 14.7. The number of hydrogen-bond acceptors (Lipinski definition) is 9. The van der Waals surface area contributed by atoms with Crippen LogP contribution in [0, 0.1) is 22.7 Å². The van der Waals surface area contributed by atoms with Gasteiger partial charge >= 0.3 is 12.2 Å². The Bertz CT molecular complexity index is 1800. The number of carbonyl (C=O) groups is 4. The third-order valence-electron chi connectivity index (χ3n) is 8.84. The molecule has 4 N–H and O–H groups in total. The molecule has 1 saturated heterocycles. The van der Waals surface area contributed by atoms with Gasteiger partial charge in [-0.05, 0) is 35.1 Å². The summed E-state index contributed by atoms with van der Waals surface area (Å²) in [5.41, 5.74) is 3.30. The molecule has 13 nitrogen and oxygen atoms in total. The predicted molar refractivity (Wildman–Crippen MR) is 200 cm³/mol. The first-order chi connectivity index (χ1) is 26.8. The van der Waals surface area contributed by atoms with Crippen LogP contribution in [0.4, 0.5) is 9.59 Å². The zero-order chi connectivity index (χ0) is 38.8. The highest BCUT2D eigenvalue weighted by atomic mass is 16.6. The lowest BCUT2D eigenvalue weighted by molar-refractivity contribution is -0.124. The van der Waals surface area contributed by atoms with E-state index >= 15 is 0 Å². The Morgan fingerprint density at radius 3 is 1.18 bits per heavy atom. The van der Waals surface area contributed by atoms with Crippen LogP contribution < -0.4 is 21.3 Å². The molecule has 1 heterocycles. The van der Waals surface area contributed by atoms with Crippen molar-refractivity contribution in [2.45, 2.75) is 75.3 Å². The number of carbonyl (C=O) groups excluding carboxylic acids is 4. The van der Waals surface area contributed by atoms with E-state index in [1.807, 2.05) is 109 Å². The smallest absolute Gasteiger partial charge is 0.408 e. The van der Waals surface area contributed by atoms with Gasteiger partial charge in [0, 0.05) is 0 Å². The number of hydrogen-bond donors (Lipinski definition) is 4. The van der Waals surface area contributed by atoms with Gasteiger partial charge in [-0.1, -0.05) is 121 Å². The molecule has 4 aromatic carbocycles. The van der Waals surface area contributed by atoms with Crippen molar-refractivity contribution >= 4 is 24.0 Å². The average molecular weight is 743 g/mol. The summed E-state index contributed by atoms with van der Waals surface area (Å²) in [6, 6.07) is 37.1. The van der Waals surface area contributed by atoms with Crippen LogP contribution in [0.15, 0.2) is 121 Å². The van der Waals surface area contributed by atoms with Gasteiger partial charge in [0.05, 0.1) is 37.1 Å². The zero-order valence-corrected chi connectivity index (χ0v) is 30.0. The minimum Gasteiger partial charge on any atom is -0.445 e. The van der Waals surface area contributed by atoms with E-state index in [-0.39, 0.29) is 26.1 Å². The summed E-state index contributed by atoms with van der Waals surface area (Å²) in [6.07, 6.45) is -2.84. The molecule has 0 spiro atoms. The van der Waals surface area contributed by atoms with E-state index < -0.39 is 60.4 Å². The van der Waals surface area contributed by atoms with Crippen molar-refractivity contribution < 1.29 is 33.4 Å². The number of benzene rings is 4. The van der Waals surface area contributed by atoms with Gasteiger partial charge < -0.3 is 35.5 Å². The number of nitriles is 2. The SMILES string of the molecule is N#CC[C@H](NC(=O)OCc1ccccc1)C(=O)N[C@@H](Cc1ccccc1)[C@@H]1O[C@@H]1[C@H](Cc1ccccc1)NC(=O)[C@H](CC#N)NC(=O)OCc1ccccc1. The number of amides is 4. The lowest BCUT2D eigenvalue weighted by atomic mass is 9.95. The summed E-state index contributed by atoms with van der Waals surface area (Å²) in [4.78, 5) is 52.7. The van der Waals surface area contributed by atoms with E-state index in [9.17, 15) is 29.7 Å². The number of epoxide rings is 1. The van der Waals surface area contributed by atoms with E-state index in [0.717, 1.165) is 22.3 Å². The van der Waals surface area contributed by atoms with Crippen LogP contribution in [0.3, 0.4) is 0 Å². The summed E-state index contributed by atoms with van der Waals surface area (Å²) >= 11 is 0. The fourth-order valence-electron chi connectivity index (χ4n) is 6.00. The molecule has 0 bridgehead atoms. The third-order valence-corrected chi connectivity index (χ3v) is 8.84. The van der Waals surface area contributed by atoms with Gasteiger partial charge in [-0.15, -0.1) is 0 Å². The van der Waals surface area contributed by atoms with Crippen LogP contribution in [0.2, 0.25) is 0 Å². The van der Waals surface area contributed by atoms with Crippen LogP contribution in [-0.2, 0) is 49.9 Å². The molecule has 4 amide bonds. The Hall–Kier alpha value is -6.70. The van der Waals surface area contributed by atoms with Crippen molar-refractivity contribution in [3.05, 3.63) is 144 Å². The summed E-state index contributed by atoms with van der Waals surface area (Å²) in [5.74, 6) is -1.21. The topological polar surface area (TPSA) is 195 Å². The molecule has 1 aliphatic heterocycles. The first-order valence-electron chi connectivity index (χ1n) is 17.8. The molecule has 5 rings (SSSR count). The minimum absolute atomic E-state index is 0.0179. The maximum atomic E-state index is 13.7. The van der Waals surface area contributed by atoms with E-state index in [4.69, 9.17) is 14.2 Å². The summed E-state index contributed by atoms with van der Waals surface area (Å²) in [7, 11) is 0. The Balaban J connectivity index is 1.29. The monoisotopic (exact) mass is 742 g/mol. The van der Waals surface area contributed by atoms with Gasteiger partial charge in [0.25, 0.3) is 0 Å². The summed E-state index contributed by atoms with van der Waals surface area (Å²) in [5, 5.41) is 30.0. The van der Waals surface area contributed by atoms with Crippen LogP contribution in [0.25, 0.3) is 0 Å². The highest BCUT2D eigenvalue weighted by molar-refractivity contribution is 5.87. The number of nitrogens with one attached hydrogen (secondary N) is 4. The molecule has 4 aromatic rings. The predicted octanol–water partition coefficient (Wildman–Crippen LogP) is 4.63. The number of rotatable bonds is 18. The molecule has 0 aliphatic carbocycles. The first kappa shape index (κ1) is 39.5. The Morgan fingerprint density at radius 2 is 0.855 bits per heavy atom. The van der Waals surface area contributed by atoms with E-state index in [1.165, 1.54) is 0 Å². The van der Waals surface area contributed by atoms with Gasteiger partial charge in [0.2, 0.25) is 11.8 Å².